The lowest BCUT2D eigenvalue weighted by Crippen LogP contribution is -1.76. The Hall–Kier alpha value is -1.80. The van der Waals surface area contributed by atoms with Gasteiger partial charge in [-0.2, -0.15) is 0 Å². The Morgan fingerprint density at radius 1 is 0.722 bits per heavy atom. The molecule has 1 heterocycles. The van der Waals surface area contributed by atoms with Crippen molar-refractivity contribution in [2.45, 2.75) is 0 Å². The summed E-state index contributed by atoms with van der Waals surface area (Å²) in [6.07, 6.45) is 0. The first-order valence-corrected chi connectivity index (χ1v) is 6.62. The lowest BCUT2D eigenvalue weighted by atomic mass is 10.0. The predicted molar refractivity (Wildman–Crippen MR) is 78.9 cm³/mol. The van der Waals surface area contributed by atoms with E-state index in [1.54, 1.807) is 0 Å². The number of hydrogen-bond donors (Lipinski definition) is 0. The van der Waals surface area contributed by atoms with Crippen LogP contribution in [-0.4, -0.2) is 0 Å². The minimum Gasteiger partial charge on any atom is -0.456 e. The Balaban J connectivity index is 2.39. The molecular formula is C16H9BrO. The fraction of sp³-hybridized carbons (Fsp3) is 0. The highest BCUT2D eigenvalue weighted by Crippen LogP contribution is 2.37. The normalized spacial score (nSPS) is 11.6. The maximum absolute atomic E-state index is 5.91. The average Bonchev–Trinajstić information content (AvgIpc) is 2.77. The van der Waals surface area contributed by atoms with Gasteiger partial charge in [0.15, 0.2) is 0 Å². The summed E-state index contributed by atoms with van der Waals surface area (Å²) in [5.41, 5.74) is 1.87. The fourth-order valence-corrected chi connectivity index (χ4v) is 3.10. The molecule has 1 nitrogen and oxygen atoms in total. The molecule has 18 heavy (non-hydrogen) atoms. The zero-order valence-electron chi connectivity index (χ0n) is 9.48. The summed E-state index contributed by atoms with van der Waals surface area (Å²) in [4.78, 5) is 0. The molecule has 0 amide bonds. The molecule has 3 aromatic carbocycles. The summed E-state index contributed by atoms with van der Waals surface area (Å²) in [7, 11) is 0. The molecule has 2 heteroatoms. The zero-order valence-corrected chi connectivity index (χ0v) is 11.1. The van der Waals surface area contributed by atoms with E-state index >= 15 is 0 Å². The van der Waals surface area contributed by atoms with Gasteiger partial charge in [0.2, 0.25) is 0 Å². The van der Waals surface area contributed by atoms with Crippen LogP contribution < -0.4 is 0 Å². The number of para-hydroxylation sites is 1. The molecule has 0 radical (unpaired) electrons. The van der Waals surface area contributed by atoms with Crippen molar-refractivity contribution in [3.8, 4) is 0 Å². The van der Waals surface area contributed by atoms with E-state index in [4.69, 9.17) is 4.42 Å². The van der Waals surface area contributed by atoms with E-state index in [-0.39, 0.29) is 0 Å². The van der Waals surface area contributed by atoms with Gasteiger partial charge in [-0.3, -0.25) is 0 Å². The van der Waals surface area contributed by atoms with E-state index in [1.807, 2.05) is 18.2 Å². The molecule has 0 fully saturated rings. The van der Waals surface area contributed by atoms with Gasteiger partial charge in [0.25, 0.3) is 0 Å². The van der Waals surface area contributed by atoms with Gasteiger partial charge in [-0.25, -0.2) is 0 Å². The van der Waals surface area contributed by atoms with Gasteiger partial charge in [0.05, 0.1) is 0 Å². The number of rotatable bonds is 0. The molecule has 0 aliphatic heterocycles. The van der Waals surface area contributed by atoms with Crippen molar-refractivity contribution in [1.82, 2.24) is 0 Å². The van der Waals surface area contributed by atoms with Crippen LogP contribution in [0.3, 0.4) is 0 Å². The summed E-state index contributed by atoms with van der Waals surface area (Å²) in [6.45, 7) is 0. The third-order valence-corrected chi connectivity index (χ3v) is 3.99. The monoisotopic (exact) mass is 296 g/mol. The zero-order chi connectivity index (χ0) is 12.1. The molecule has 0 saturated heterocycles. The van der Waals surface area contributed by atoms with Gasteiger partial charge in [0.1, 0.15) is 11.2 Å². The van der Waals surface area contributed by atoms with Crippen LogP contribution in [-0.2, 0) is 0 Å². The molecular weight excluding hydrogens is 288 g/mol. The molecule has 0 atom stereocenters. The summed E-state index contributed by atoms with van der Waals surface area (Å²) < 4.78 is 6.99. The van der Waals surface area contributed by atoms with Gasteiger partial charge in [0, 0.05) is 15.2 Å². The minimum absolute atomic E-state index is 0.932. The van der Waals surface area contributed by atoms with E-state index < -0.39 is 0 Å². The van der Waals surface area contributed by atoms with E-state index in [0.717, 1.165) is 15.6 Å². The largest absolute Gasteiger partial charge is 0.456 e. The van der Waals surface area contributed by atoms with E-state index in [9.17, 15) is 0 Å². The highest BCUT2D eigenvalue weighted by Gasteiger charge is 2.11. The number of halogens is 1. The Bertz CT molecular complexity index is 889. The molecule has 0 bridgehead atoms. The van der Waals surface area contributed by atoms with Crippen molar-refractivity contribution in [3.05, 3.63) is 59.1 Å². The Kier molecular flexibility index (Phi) is 2.03. The third-order valence-electron chi connectivity index (χ3n) is 3.33. The Morgan fingerprint density at radius 3 is 2.22 bits per heavy atom. The number of hydrogen-bond acceptors (Lipinski definition) is 1. The van der Waals surface area contributed by atoms with Crippen LogP contribution in [0.2, 0.25) is 0 Å². The third kappa shape index (κ3) is 1.27. The quantitative estimate of drug-likeness (QED) is 0.417. The van der Waals surface area contributed by atoms with Gasteiger partial charge >= 0.3 is 0 Å². The summed E-state index contributed by atoms with van der Waals surface area (Å²) in [5.74, 6) is 0. The molecule has 1 aromatic heterocycles. The number of fused-ring (bicyclic) bond motifs is 5. The smallest absolute Gasteiger partial charge is 0.137 e. The predicted octanol–water partition coefficient (Wildman–Crippen LogP) is 5.50. The molecule has 0 aliphatic rings. The van der Waals surface area contributed by atoms with Gasteiger partial charge in [-0.1, -0.05) is 58.4 Å². The molecule has 0 aliphatic carbocycles. The van der Waals surface area contributed by atoms with Crippen molar-refractivity contribution in [2.75, 3.05) is 0 Å². The average molecular weight is 297 g/mol. The SMILES string of the molecule is Brc1cc2oc3ccccc3c2c2ccccc12. The fourth-order valence-electron chi connectivity index (χ4n) is 2.55. The lowest BCUT2D eigenvalue weighted by molar-refractivity contribution is 0.669. The molecule has 86 valence electrons. The van der Waals surface area contributed by atoms with Crippen LogP contribution >= 0.6 is 15.9 Å². The molecule has 0 spiro atoms. The second-order valence-electron chi connectivity index (χ2n) is 4.38. The van der Waals surface area contributed by atoms with Crippen molar-refractivity contribution < 1.29 is 4.42 Å². The molecule has 0 saturated carbocycles. The molecule has 4 rings (SSSR count). The first-order chi connectivity index (χ1) is 8.84. The van der Waals surface area contributed by atoms with Crippen LogP contribution in [0, 0.1) is 0 Å². The van der Waals surface area contributed by atoms with Crippen molar-refractivity contribution in [3.63, 3.8) is 0 Å². The van der Waals surface area contributed by atoms with Crippen LogP contribution in [0.15, 0.2) is 63.5 Å². The Morgan fingerprint density at radius 2 is 1.39 bits per heavy atom. The lowest BCUT2D eigenvalue weighted by Gasteiger charge is -2.01. The van der Waals surface area contributed by atoms with E-state index in [0.29, 0.717) is 0 Å². The van der Waals surface area contributed by atoms with E-state index in [2.05, 4.69) is 52.3 Å². The summed E-state index contributed by atoms with van der Waals surface area (Å²) in [5, 5.41) is 4.82. The number of benzene rings is 3. The van der Waals surface area contributed by atoms with Gasteiger partial charge < -0.3 is 4.42 Å². The first-order valence-electron chi connectivity index (χ1n) is 5.83. The molecule has 0 N–H and O–H groups in total. The maximum Gasteiger partial charge on any atom is 0.137 e. The van der Waals surface area contributed by atoms with Crippen LogP contribution in [0.5, 0.6) is 0 Å². The minimum atomic E-state index is 0.932. The van der Waals surface area contributed by atoms with Crippen molar-refractivity contribution in [2.24, 2.45) is 0 Å². The number of furan rings is 1. The highest BCUT2D eigenvalue weighted by atomic mass is 79.9. The Labute approximate surface area is 112 Å². The molecule has 4 aromatic rings. The van der Waals surface area contributed by atoms with Gasteiger partial charge in [-0.05, 0) is 22.9 Å². The van der Waals surface area contributed by atoms with Crippen LogP contribution in [0.4, 0.5) is 0 Å². The second kappa shape index (κ2) is 3.59. The maximum atomic E-state index is 5.91. The van der Waals surface area contributed by atoms with Crippen LogP contribution in [0.25, 0.3) is 32.7 Å². The standard InChI is InChI=1S/C16H9BrO/c17-13-9-15-16(11-6-2-1-5-10(11)13)12-7-3-4-8-14(12)18-15/h1-9H. The van der Waals surface area contributed by atoms with Crippen LogP contribution in [0.1, 0.15) is 0 Å². The van der Waals surface area contributed by atoms with Gasteiger partial charge in [-0.15, -0.1) is 0 Å². The first kappa shape index (κ1) is 10.2. The van der Waals surface area contributed by atoms with Crippen molar-refractivity contribution >= 4 is 48.6 Å². The summed E-state index contributed by atoms with van der Waals surface area (Å²) in [6, 6.07) is 18.6. The van der Waals surface area contributed by atoms with Crippen molar-refractivity contribution in [1.29, 1.82) is 0 Å². The topological polar surface area (TPSA) is 13.1 Å². The molecule has 0 unspecified atom stereocenters. The highest BCUT2D eigenvalue weighted by molar-refractivity contribution is 9.10. The second-order valence-corrected chi connectivity index (χ2v) is 5.23. The summed E-state index contributed by atoms with van der Waals surface area (Å²) >= 11 is 3.62. The van der Waals surface area contributed by atoms with E-state index in [1.165, 1.54) is 21.5 Å².